The molecule has 0 aliphatic rings. The van der Waals surface area contributed by atoms with Crippen LogP contribution in [-0.2, 0) is 0 Å². The monoisotopic (exact) mass is 261 g/mol. The van der Waals surface area contributed by atoms with Crippen molar-refractivity contribution >= 4 is 23.5 Å². The standard InChI is InChI=1S/C13H15N3OS/c1-9(2)12-6-10(8-18-12)13(17)16-15-7-11-4-3-5-14-11/h3-9,14H,1-2H3,(H,16,17). The highest BCUT2D eigenvalue weighted by molar-refractivity contribution is 7.10. The number of carbonyl (C=O) groups excluding carboxylic acids is 1. The zero-order chi connectivity index (χ0) is 13.0. The van der Waals surface area contributed by atoms with Crippen molar-refractivity contribution in [1.82, 2.24) is 10.4 Å². The SMILES string of the molecule is CC(C)c1cc(C(=O)NN=Cc2ccc[nH]2)cs1. The molecule has 2 heterocycles. The normalized spacial score (nSPS) is 11.3. The molecule has 94 valence electrons. The molecular weight excluding hydrogens is 246 g/mol. The van der Waals surface area contributed by atoms with E-state index in [-0.39, 0.29) is 5.91 Å². The maximum atomic E-state index is 11.8. The molecule has 2 N–H and O–H groups in total. The fraction of sp³-hybridized carbons (Fsp3) is 0.231. The Morgan fingerprint density at radius 1 is 1.56 bits per heavy atom. The van der Waals surface area contributed by atoms with E-state index in [0.29, 0.717) is 11.5 Å². The van der Waals surface area contributed by atoms with Crippen molar-refractivity contribution in [3.63, 3.8) is 0 Å². The average Bonchev–Trinajstić information content (AvgIpc) is 2.99. The predicted octanol–water partition coefficient (Wildman–Crippen LogP) is 2.96. The lowest BCUT2D eigenvalue weighted by Crippen LogP contribution is -2.16. The van der Waals surface area contributed by atoms with Gasteiger partial charge in [-0.25, -0.2) is 5.43 Å². The number of carbonyl (C=O) groups is 1. The van der Waals surface area contributed by atoms with Gasteiger partial charge in [-0.05, 0) is 24.1 Å². The van der Waals surface area contributed by atoms with E-state index < -0.39 is 0 Å². The number of nitrogens with zero attached hydrogens (tertiary/aromatic N) is 1. The first-order chi connectivity index (χ1) is 8.66. The summed E-state index contributed by atoms with van der Waals surface area (Å²) in [6.07, 6.45) is 3.38. The van der Waals surface area contributed by atoms with E-state index in [9.17, 15) is 4.79 Å². The number of amides is 1. The Morgan fingerprint density at radius 3 is 3.00 bits per heavy atom. The molecule has 0 saturated heterocycles. The lowest BCUT2D eigenvalue weighted by molar-refractivity contribution is 0.0955. The van der Waals surface area contributed by atoms with Crippen molar-refractivity contribution in [3.05, 3.63) is 45.9 Å². The number of hydrogen-bond donors (Lipinski definition) is 2. The average molecular weight is 261 g/mol. The summed E-state index contributed by atoms with van der Waals surface area (Å²) >= 11 is 1.60. The third-order valence-electron chi connectivity index (χ3n) is 2.44. The molecule has 18 heavy (non-hydrogen) atoms. The lowest BCUT2D eigenvalue weighted by Gasteiger charge is -1.98. The summed E-state index contributed by atoms with van der Waals surface area (Å²) in [5.74, 6) is 0.264. The minimum absolute atomic E-state index is 0.180. The summed E-state index contributed by atoms with van der Waals surface area (Å²) in [6.45, 7) is 4.22. The van der Waals surface area contributed by atoms with Gasteiger partial charge < -0.3 is 4.98 Å². The van der Waals surface area contributed by atoms with Crippen LogP contribution in [0.2, 0.25) is 0 Å². The highest BCUT2D eigenvalue weighted by Crippen LogP contribution is 2.22. The minimum Gasteiger partial charge on any atom is -0.360 e. The van der Waals surface area contributed by atoms with Crippen molar-refractivity contribution < 1.29 is 4.79 Å². The smallest absolute Gasteiger partial charge is 0.272 e. The molecule has 0 aliphatic carbocycles. The second-order valence-corrected chi connectivity index (χ2v) is 5.16. The summed E-state index contributed by atoms with van der Waals surface area (Å²) in [5, 5.41) is 5.75. The van der Waals surface area contributed by atoms with Crippen molar-refractivity contribution in [2.75, 3.05) is 0 Å². The van der Waals surface area contributed by atoms with Gasteiger partial charge in [-0.1, -0.05) is 13.8 Å². The van der Waals surface area contributed by atoms with Crippen molar-refractivity contribution in [2.45, 2.75) is 19.8 Å². The molecule has 1 amide bonds. The zero-order valence-corrected chi connectivity index (χ0v) is 11.1. The van der Waals surface area contributed by atoms with Gasteiger partial charge in [0, 0.05) is 16.5 Å². The molecule has 0 unspecified atom stereocenters. The van der Waals surface area contributed by atoms with Crippen LogP contribution in [0, 0.1) is 0 Å². The van der Waals surface area contributed by atoms with E-state index in [1.54, 1.807) is 23.7 Å². The van der Waals surface area contributed by atoms with E-state index in [1.165, 1.54) is 4.88 Å². The van der Waals surface area contributed by atoms with Crippen LogP contribution in [0.15, 0.2) is 34.9 Å². The van der Waals surface area contributed by atoms with Crippen LogP contribution in [-0.4, -0.2) is 17.1 Å². The van der Waals surface area contributed by atoms with Crippen LogP contribution in [0.1, 0.15) is 40.7 Å². The van der Waals surface area contributed by atoms with Crippen molar-refractivity contribution in [2.24, 2.45) is 5.10 Å². The minimum atomic E-state index is -0.180. The van der Waals surface area contributed by atoms with Crippen LogP contribution < -0.4 is 5.43 Å². The number of aromatic nitrogens is 1. The van der Waals surface area contributed by atoms with Gasteiger partial charge in [0.1, 0.15) is 0 Å². The zero-order valence-electron chi connectivity index (χ0n) is 10.3. The topological polar surface area (TPSA) is 57.2 Å². The van der Waals surface area contributed by atoms with Crippen LogP contribution in [0.5, 0.6) is 0 Å². The molecule has 0 spiro atoms. The van der Waals surface area contributed by atoms with Crippen LogP contribution in [0.3, 0.4) is 0 Å². The van der Waals surface area contributed by atoms with E-state index in [2.05, 4.69) is 29.4 Å². The Morgan fingerprint density at radius 2 is 2.39 bits per heavy atom. The molecule has 5 heteroatoms. The molecule has 0 aliphatic heterocycles. The Labute approximate surface area is 110 Å². The van der Waals surface area contributed by atoms with Crippen LogP contribution >= 0.6 is 11.3 Å². The molecule has 0 saturated carbocycles. The van der Waals surface area contributed by atoms with E-state index in [0.717, 1.165) is 5.69 Å². The summed E-state index contributed by atoms with van der Waals surface area (Å²) in [7, 11) is 0. The summed E-state index contributed by atoms with van der Waals surface area (Å²) < 4.78 is 0. The number of thiophene rings is 1. The van der Waals surface area contributed by atoms with Gasteiger partial charge in [-0.3, -0.25) is 4.79 Å². The van der Waals surface area contributed by atoms with Gasteiger partial charge in [0.05, 0.1) is 17.5 Å². The number of nitrogens with one attached hydrogen (secondary N) is 2. The molecule has 2 rings (SSSR count). The first-order valence-corrected chi connectivity index (χ1v) is 6.60. The fourth-order valence-electron chi connectivity index (χ4n) is 1.42. The van der Waals surface area contributed by atoms with E-state index in [4.69, 9.17) is 0 Å². The molecule has 2 aromatic heterocycles. The van der Waals surface area contributed by atoms with E-state index in [1.807, 2.05) is 23.6 Å². The van der Waals surface area contributed by atoms with Gasteiger partial charge in [0.15, 0.2) is 0 Å². The maximum absolute atomic E-state index is 11.8. The van der Waals surface area contributed by atoms with Crippen LogP contribution in [0.4, 0.5) is 0 Å². The first kappa shape index (κ1) is 12.6. The fourth-order valence-corrected chi connectivity index (χ4v) is 2.33. The third-order valence-corrected chi connectivity index (χ3v) is 3.68. The molecule has 0 radical (unpaired) electrons. The molecule has 0 atom stereocenters. The maximum Gasteiger partial charge on any atom is 0.272 e. The summed E-state index contributed by atoms with van der Waals surface area (Å²) in [4.78, 5) is 16.0. The van der Waals surface area contributed by atoms with Gasteiger partial charge in [0.2, 0.25) is 0 Å². The number of hydrogen-bond acceptors (Lipinski definition) is 3. The third kappa shape index (κ3) is 3.07. The second-order valence-electron chi connectivity index (χ2n) is 4.22. The number of H-pyrrole nitrogens is 1. The highest BCUT2D eigenvalue weighted by Gasteiger charge is 2.09. The van der Waals surface area contributed by atoms with Crippen molar-refractivity contribution in [3.8, 4) is 0 Å². The molecule has 0 bridgehead atoms. The summed E-state index contributed by atoms with van der Waals surface area (Å²) in [6, 6.07) is 5.66. The van der Waals surface area contributed by atoms with Gasteiger partial charge >= 0.3 is 0 Å². The lowest BCUT2D eigenvalue weighted by atomic mass is 10.1. The Balaban J connectivity index is 1.95. The Bertz CT molecular complexity index is 540. The molecule has 0 aromatic carbocycles. The van der Waals surface area contributed by atoms with Crippen LogP contribution in [0.25, 0.3) is 0 Å². The Kier molecular flexibility index (Phi) is 3.94. The molecule has 4 nitrogen and oxygen atoms in total. The molecular formula is C13H15N3OS. The number of hydrazone groups is 1. The van der Waals surface area contributed by atoms with Gasteiger partial charge in [0.25, 0.3) is 5.91 Å². The Hall–Kier alpha value is -1.88. The van der Waals surface area contributed by atoms with Gasteiger partial charge in [-0.15, -0.1) is 11.3 Å². The van der Waals surface area contributed by atoms with Crippen molar-refractivity contribution in [1.29, 1.82) is 0 Å². The molecule has 0 fully saturated rings. The number of aromatic amines is 1. The highest BCUT2D eigenvalue weighted by atomic mass is 32.1. The first-order valence-electron chi connectivity index (χ1n) is 5.72. The predicted molar refractivity (Wildman–Crippen MR) is 74.3 cm³/mol. The quantitative estimate of drug-likeness (QED) is 0.645. The number of rotatable bonds is 4. The second kappa shape index (κ2) is 5.64. The molecule has 2 aromatic rings. The van der Waals surface area contributed by atoms with E-state index >= 15 is 0 Å². The summed E-state index contributed by atoms with van der Waals surface area (Å²) in [5.41, 5.74) is 4.02. The largest absolute Gasteiger partial charge is 0.360 e. The van der Waals surface area contributed by atoms with Gasteiger partial charge in [-0.2, -0.15) is 5.10 Å².